The molecule has 1 amide bonds. The summed E-state index contributed by atoms with van der Waals surface area (Å²) in [5, 5.41) is 32.2. The number of aromatic hydroxyl groups is 3. The van der Waals surface area contributed by atoms with Gasteiger partial charge >= 0.3 is 0 Å². The van der Waals surface area contributed by atoms with Crippen LogP contribution in [-0.4, -0.2) is 26.2 Å². The molecule has 0 fully saturated rings. The second-order valence-corrected chi connectivity index (χ2v) is 6.10. The Kier molecular flexibility index (Phi) is 4.57. The Hall–Kier alpha value is -2.70. The standard InChI is InChI=1S/C17H12Cl2N2O4/c18-10-6-11(19)16(24)15-9(10)2-3-12(21-15)17(25)20-7-8-1-4-13(22)14(23)5-8/h1-6,22-24H,7H2,(H,20,25). The lowest BCUT2D eigenvalue weighted by atomic mass is 10.1. The summed E-state index contributed by atoms with van der Waals surface area (Å²) < 4.78 is 0. The van der Waals surface area contributed by atoms with Crippen LogP contribution in [0.15, 0.2) is 36.4 Å². The largest absolute Gasteiger partial charge is 0.504 e. The number of hydrogen-bond donors (Lipinski definition) is 4. The van der Waals surface area contributed by atoms with Gasteiger partial charge in [-0.1, -0.05) is 29.3 Å². The lowest BCUT2D eigenvalue weighted by Crippen LogP contribution is -2.23. The van der Waals surface area contributed by atoms with Crippen molar-refractivity contribution in [1.29, 1.82) is 0 Å². The van der Waals surface area contributed by atoms with E-state index < -0.39 is 5.91 Å². The van der Waals surface area contributed by atoms with Crippen molar-refractivity contribution in [3.8, 4) is 17.2 Å². The molecule has 1 aromatic heterocycles. The van der Waals surface area contributed by atoms with Crippen LogP contribution >= 0.6 is 23.2 Å². The molecule has 0 spiro atoms. The first-order valence-corrected chi connectivity index (χ1v) is 7.89. The molecule has 3 rings (SSSR count). The van der Waals surface area contributed by atoms with E-state index in [1.54, 1.807) is 12.1 Å². The van der Waals surface area contributed by atoms with Crippen LogP contribution in [-0.2, 0) is 6.54 Å². The number of amides is 1. The molecule has 6 nitrogen and oxygen atoms in total. The third-order valence-corrected chi connectivity index (χ3v) is 4.18. The first-order valence-electron chi connectivity index (χ1n) is 7.13. The Labute approximate surface area is 152 Å². The highest BCUT2D eigenvalue weighted by molar-refractivity contribution is 6.39. The second kappa shape index (κ2) is 6.66. The molecule has 0 aliphatic rings. The van der Waals surface area contributed by atoms with Gasteiger partial charge in [-0.2, -0.15) is 0 Å². The van der Waals surface area contributed by atoms with Gasteiger partial charge in [-0.05, 0) is 35.9 Å². The van der Waals surface area contributed by atoms with Crippen LogP contribution in [0.3, 0.4) is 0 Å². The maximum Gasteiger partial charge on any atom is 0.270 e. The van der Waals surface area contributed by atoms with E-state index in [2.05, 4.69) is 10.3 Å². The number of hydrogen-bond acceptors (Lipinski definition) is 5. The van der Waals surface area contributed by atoms with Crippen LogP contribution in [0.5, 0.6) is 17.2 Å². The van der Waals surface area contributed by atoms with E-state index in [4.69, 9.17) is 23.2 Å². The number of phenols is 3. The molecule has 25 heavy (non-hydrogen) atoms. The van der Waals surface area contributed by atoms with Gasteiger partial charge in [0.25, 0.3) is 5.91 Å². The predicted molar refractivity (Wildman–Crippen MR) is 94.4 cm³/mol. The molecule has 128 valence electrons. The third kappa shape index (κ3) is 3.40. The van der Waals surface area contributed by atoms with Crippen molar-refractivity contribution in [2.24, 2.45) is 0 Å². The summed E-state index contributed by atoms with van der Waals surface area (Å²) in [4.78, 5) is 16.4. The highest BCUT2D eigenvalue weighted by atomic mass is 35.5. The van der Waals surface area contributed by atoms with E-state index in [-0.39, 0.29) is 40.0 Å². The number of aromatic nitrogens is 1. The van der Waals surface area contributed by atoms with E-state index in [0.29, 0.717) is 16.0 Å². The zero-order valence-electron chi connectivity index (χ0n) is 12.6. The Bertz CT molecular complexity index is 992. The quantitative estimate of drug-likeness (QED) is 0.521. The zero-order chi connectivity index (χ0) is 18.1. The normalized spacial score (nSPS) is 10.8. The van der Waals surface area contributed by atoms with Gasteiger partial charge in [-0.3, -0.25) is 4.79 Å². The van der Waals surface area contributed by atoms with Crippen molar-refractivity contribution in [3.63, 3.8) is 0 Å². The van der Waals surface area contributed by atoms with E-state index in [0.717, 1.165) is 0 Å². The Balaban J connectivity index is 1.84. The lowest BCUT2D eigenvalue weighted by molar-refractivity contribution is 0.0946. The average molecular weight is 379 g/mol. The minimum atomic E-state index is -0.482. The number of carbonyl (C=O) groups is 1. The molecule has 0 aliphatic heterocycles. The van der Waals surface area contributed by atoms with Gasteiger partial charge < -0.3 is 20.6 Å². The molecule has 0 radical (unpaired) electrons. The second-order valence-electron chi connectivity index (χ2n) is 5.29. The summed E-state index contributed by atoms with van der Waals surface area (Å²) in [6.07, 6.45) is 0. The molecule has 1 heterocycles. The van der Waals surface area contributed by atoms with E-state index in [1.165, 1.54) is 24.3 Å². The van der Waals surface area contributed by atoms with Crippen LogP contribution in [0.25, 0.3) is 10.9 Å². The molecule has 0 aliphatic carbocycles. The highest BCUT2D eigenvalue weighted by Crippen LogP contribution is 2.36. The van der Waals surface area contributed by atoms with Crippen molar-refractivity contribution in [2.75, 3.05) is 0 Å². The van der Waals surface area contributed by atoms with Gasteiger partial charge in [0, 0.05) is 11.9 Å². The van der Waals surface area contributed by atoms with E-state index in [9.17, 15) is 20.1 Å². The van der Waals surface area contributed by atoms with Crippen LogP contribution < -0.4 is 5.32 Å². The fraction of sp³-hybridized carbons (Fsp3) is 0.0588. The summed E-state index contributed by atoms with van der Waals surface area (Å²) >= 11 is 11.9. The molecule has 0 atom stereocenters. The number of halogens is 2. The van der Waals surface area contributed by atoms with Gasteiger partial charge in [-0.15, -0.1) is 0 Å². The SMILES string of the molecule is O=C(NCc1ccc(O)c(O)c1)c1ccc2c(Cl)cc(Cl)c(O)c2n1. The summed E-state index contributed by atoms with van der Waals surface area (Å²) in [7, 11) is 0. The number of benzene rings is 2. The van der Waals surface area contributed by atoms with Crippen molar-refractivity contribution < 1.29 is 20.1 Å². The lowest BCUT2D eigenvalue weighted by Gasteiger charge is -2.09. The zero-order valence-corrected chi connectivity index (χ0v) is 14.1. The molecule has 0 saturated heterocycles. The Morgan fingerprint density at radius 2 is 1.76 bits per heavy atom. The molecule has 0 unspecified atom stereocenters. The average Bonchev–Trinajstić information content (AvgIpc) is 2.60. The number of nitrogens with one attached hydrogen (secondary N) is 1. The predicted octanol–water partition coefficient (Wildman–Crippen LogP) is 3.59. The molecular weight excluding hydrogens is 367 g/mol. The maximum absolute atomic E-state index is 12.3. The number of carbonyl (C=O) groups excluding carboxylic acids is 1. The smallest absolute Gasteiger partial charge is 0.270 e. The fourth-order valence-electron chi connectivity index (χ4n) is 2.28. The van der Waals surface area contributed by atoms with Gasteiger partial charge in [0.1, 0.15) is 11.2 Å². The van der Waals surface area contributed by atoms with Crippen LogP contribution in [0, 0.1) is 0 Å². The van der Waals surface area contributed by atoms with Crippen molar-refractivity contribution in [3.05, 3.63) is 57.7 Å². The molecule has 2 aromatic carbocycles. The third-order valence-electron chi connectivity index (χ3n) is 3.58. The summed E-state index contributed by atoms with van der Waals surface area (Å²) in [6, 6.07) is 8.68. The minimum absolute atomic E-state index is 0.0436. The molecule has 4 N–H and O–H groups in total. The first-order chi connectivity index (χ1) is 11.9. The molecule has 0 bridgehead atoms. The summed E-state index contributed by atoms with van der Waals surface area (Å²) in [5.41, 5.74) is 0.801. The van der Waals surface area contributed by atoms with Crippen LogP contribution in [0.4, 0.5) is 0 Å². The Morgan fingerprint density at radius 3 is 2.48 bits per heavy atom. The van der Waals surface area contributed by atoms with Gasteiger partial charge in [0.2, 0.25) is 0 Å². The number of nitrogens with zero attached hydrogens (tertiary/aromatic N) is 1. The Morgan fingerprint density at radius 1 is 1.00 bits per heavy atom. The van der Waals surface area contributed by atoms with Gasteiger partial charge in [0.15, 0.2) is 17.2 Å². The minimum Gasteiger partial charge on any atom is -0.504 e. The monoisotopic (exact) mass is 378 g/mol. The summed E-state index contributed by atoms with van der Waals surface area (Å²) in [5.74, 6) is -1.25. The topological polar surface area (TPSA) is 103 Å². The van der Waals surface area contributed by atoms with E-state index >= 15 is 0 Å². The van der Waals surface area contributed by atoms with Crippen molar-refractivity contribution in [2.45, 2.75) is 6.54 Å². The summed E-state index contributed by atoms with van der Waals surface area (Å²) in [6.45, 7) is 0.120. The first kappa shape index (κ1) is 17.1. The van der Waals surface area contributed by atoms with Crippen LogP contribution in [0.2, 0.25) is 10.0 Å². The number of fused-ring (bicyclic) bond motifs is 1. The molecule has 8 heteroatoms. The van der Waals surface area contributed by atoms with Crippen molar-refractivity contribution >= 4 is 40.0 Å². The van der Waals surface area contributed by atoms with Crippen molar-refractivity contribution in [1.82, 2.24) is 10.3 Å². The fourth-order valence-corrected chi connectivity index (χ4v) is 2.80. The van der Waals surface area contributed by atoms with Gasteiger partial charge in [-0.25, -0.2) is 4.98 Å². The number of rotatable bonds is 3. The van der Waals surface area contributed by atoms with E-state index in [1.807, 2.05) is 0 Å². The molecule has 0 saturated carbocycles. The maximum atomic E-state index is 12.3. The van der Waals surface area contributed by atoms with Gasteiger partial charge in [0.05, 0.1) is 10.0 Å². The number of phenolic OH excluding ortho intramolecular Hbond substituents is 3. The van der Waals surface area contributed by atoms with Crippen LogP contribution in [0.1, 0.15) is 16.1 Å². The molecular formula is C17H12Cl2N2O4. The molecule has 3 aromatic rings. The number of pyridine rings is 1. The highest BCUT2D eigenvalue weighted by Gasteiger charge is 2.14.